The minimum absolute atomic E-state index is 0.0550. The van der Waals surface area contributed by atoms with Gasteiger partial charge >= 0.3 is 5.97 Å². The summed E-state index contributed by atoms with van der Waals surface area (Å²) in [6.07, 6.45) is 4.11. The van der Waals surface area contributed by atoms with Crippen molar-refractivity contribution in [3.05, 3.63) is 0 Å². The second-order valence-corrected chi connectivity index (χ2v) is 7.64. The molecule has 0 saturated heterocycles. The molecule has 5 unspecified atom stereocenters. The Hall–Kier alpha value is -1.06. The first-order valence-corrected chi connectivity index (χ1v) is 7.87. The standard InChI is InChI=1S/C16H25NO3/c1-8(2)16(3,15(19)20)7-11(18)17-14-12-9-4-5-10(6-9)13(12)14/h8-10,12-14H,4-7H2,1-3H3,(H,17,18)(H,19,20). The predicted octanol–water partition coefficient (Wildman–Crippen LogP) is 2.28. The first-order valence-electron chi connectivity index (χ1n) is 7.87. The van der Waals surface area contributed by atoms with Crippen molar-refractivity contribution in [2.45, 2.75) is 52.5 Å². The van der Waals surface area contributed by atoms with Crippen molar-refractivity contribution in [1.82, 2.24) is 5.32 Å². The summed E-state index contributed by atoms with van der Waals surface area (Å²) in [5.41, 5.74) is -0.965. The van der Waals surface area contributed by atoms with Crippen LogP contribution in [0.15, 0.2) is 0 Å². The quantitative estimate of drug-likeness (QED) is 0.811. The molecular weight excluding hydrogens is 254 g/mol. The van der Waals surface area contributed by atoms with E-state index in [0.717, 1.165) is 11.8 Å². The number of rotatable bonds is 5. The highest BCUT2D eigenvalue weighted by atomic mass is 16.4. The van der Waals surface area contributed by atoms with E-state index in [1.165, 1.54) is 19.3 Å². The van der Waals surface area contributed by atoms with Gasteiger partial charge in [0.1, 0.15) is 0 Å². The molecule has 3 aliphatic carbocycles. The molecule has 3 aliphatic rings. The van der Waals surface area contributed by atoms with Crippen molar-refractivity contribution in [3.63, 3.8) is 0 Å². The molecule has 0 aliphatic heterocycles. The van der Waals surface area contributed by atoms with Crippen molar-refractivity contribution in [1.29, 1.82) is 0 Å². The number of hydrogen-bond donors (Lipinski definition) is 2. The van der Waals surface area contributed by atoms with Gasteiger partial charge in [-0.25, -0.2) is 0 Å². The van der Waals surface area contributed by atoms with E-state index in [1.807, 2.05) is 13.8 Å². The third-order valence-corrected chi connectivity index (χ3v) is 6.35. The lowest BCUT2D eigenvalue weighted by Gasteiger charge is -2.28. The lowest BCUT2D eigenvalue weighted by Crippen LogP contribution is -2.40. The van der Waals surface area contributed by atoms with E-state index in [1.54, 1.807) is 6.92 Å². The summed E-state index contributed by atoms with van der Waals surface area (Å²) >= 11 is 0. The Morgan fingerprint density at radius 1 is 1.25 bits per heavy atom. The minimum atomic E-state index is -0.965. The Kier molecular flexibility index (Phi) is 3.11. The van der Waals surface area contributed by atoms with Gasteiger partial charge in [-0.3, -0.25) is 9.59 Å². The van der Waals surface area contributed by atoms with E-state index >= 15 is 0 Å². The van der Waals surface area contributed by atoms with Gasteiger partial charge in [0, 0.05) is 12.5 Å². The number of carboxylic acids is 1. The molecule has 0 heterocycles. The van der Waals surface area contributed by atoms with Crippen LogP contribution in [0.4, 0.5) is 0 Å². The minimum Gasteiger partial charge on any atom is -0.481 e. The number of amides is 1. The van der Waals surface area contributed by atoms with Gasteiger partial charge in [0.2, 0.25) is 5.91 Å². The van der Waals surface area contributed by atoms with Crippen LogP contribution in [0.5, 0.6) is 0 Å². The van der Waals surface area contributed by atoms with Gasteiger partial charge < -0.3 is 10.4 Å². The Morgan fingerprint density at radius 3 is 2.25 bits per heavy atom. The Bertz CT molecular complexity index is 431. The van der Waals surface area contributed by atoms with E-state index in [2.05, 4.69) is 5.32 Å². The smallest absolute Gasteiger partial charge is 0.310 e. The third kappa shape index (κ3) is 1.95. The average molecular weight is 279 g/mol. The molecule has 3 saturated carbocycles. The lowest BCUT2D eigenvalue weighted by atomic mass is 9.76. The van der Waals surface area contributed by atoms with Crippen LogP contribution in [0.25, 0.3) is 0 Å². The van der Waals surface area contributed by atoms with Crippen LogP contribution in [0.2, 0.25) is 0 Å². The zero-order chi connectivity index (χ0) is 14.7. The van der Waals surface area contributed by atoms with Crippen LogP contribution in [-0.2, 0) is 9.59 Å². The number of fused-ring (bicyclic) bond motifs is 5. The molecule has 0 spiro atoms. The number of hydrogen-bond acceptors (Lipinski definition) is 2. The summed E-state index contributed by atoms with van der Waals surface area (Å²) in [7, 11) is 0. The molecule has 112 valence electrons. The lowest BCUT2D eigenvalue weighted by molar-refractivity contribution is -0.153. The molecule has 2 bridgehead atoms. The van der Waals surface area contributed by atoms with Crippen LogP contribution in [0.3, 0.4) is 0 Å². The van der Waals surface area contributed by atoms with Crippen LogP contribution in [-0.4, -0.2) is 23.0 Å². The second kappa shape index (κ2) is 4.47. The highest BCUT2D eigenvalue weighted by molar-refractivity contribution is 5.85. The summed E-state index contributed by atoms with van der Waals surface area (Å²) < 4.78 is 0. The SMILES string of the molecule is CC(C)C(C)(CC(=O)NC1C2C3CCC(C3)C12)C(=O)O. The fraction of sp³-hybridized carbons (Fsp3) is 0.875. The molecule has 20 heavy (non-hydrogen) atoms. The molecule has 4 heteroatoms. The monoisotopic (exact) mass is 279 g/mol. The molecule has 0 aromatic heterocycles. The molecule has 0 aromatic carbocycles. The summed E-state index contributed by atoms with van der Waals surface area (Å²) in [4.78, 5) is 23.6. The topological polar surface area (TPSA) is 66.4 Å². The van der Waals surface area contributed by atoms with Crippen LogP contribution >= 0.6 is 0 Å². The molecule has 1 amide bonds. The zero-order valence-corrected chi connectivity index (χ0v) is 12.6. The van der Waals surface area contributed by atoms with Gasteiger partial charge in [-0.15, -0.1) is 0 Å². The molecule has 3 fully saturated rings. The highest BCUT2D eigenvalue weighted by Gasteiger charge is 2.65. The molecule has 3 rings (SSSR count). The van der Waals surface area contributed by atoms with E-state index in [-0.39, 0.29) is 18.2 Å². The van der Waals surface area contributed by atoms with E-state index in [9.17, 15) is 14.7 Å². The molecule has 0 radical (unpaired) electrons. The van der Waals surface area contributed by atoms with Gasteiger partial charge in [-0.05, 0) is 55.8 Å². The van der Waals surface area contributed by atoms with Crippen LogP contribution in [0, 0.1) is 35.0 Å². The first-order chi connectivity index (χ1) is 9.34. The number of carbonyl (C=O) groups excluding carboxylic acids is 1. The summed E-state index contributed by atoms with van der Waals surface area (Å²) in [5.74, 6) is 2.04. The van der Waals surface area contributed by atoms with E-state index < -0.39 is 11.4 Å². The summed E-state index contributed by atoms with van der Waals surface area (Å²) in [6.45, 7) is 5.41. The predicted molar refractivity (Wildman–Crippen MR) is 74.9 cm³/mol. The van der Waals surface area contributed by atoms with Gasteiger partial charge in [0.25, 0.3) is 0 Å². The summed E-state index contributed by atoms with van der Waals surface area (Å²) in [6, 6.07) is 0.346. The van der Waals surface area contributed by atoms with Gasteiger partial charge in [0.05, 0.1) is 5.41 Å². The Balaban J connectivity index is 1.57. The Morgan fingerprint density at radius 2 is 1.80 bits per heavy atom. The number of nitrogens with one attached hydrogen (secondary N) is 1. The maximum Gasteiger partial charge on any atom is 0.310 e. The molecule has 2 N–H and O–H groups in total. The highest BCUT2D eigenvalue weighted by Crippen LogP contribution is 2.65. The molecular formula is C16H25NO3. The summed E-state index contributed by atoms with van der Waals surface area (Å²) in [5, 5.41) is 12.5. The normalized spacial score (nSPS) is 40.3. The van der Waals surface area contributed by atoms with Gasteiger partial charge in [-0.1, -0.05) is 13.8 Å². The zero-order valence-electron chi connectivity index (χ0n) is 12.6. The third-order valence-electron chi connectivity index (χ3n) is 6.35. The maximum atomic E-state index is 12.2. The number of carbonyl (C=O) groups is 2. The van der Waals surface area contributed by atoms with E-state index in [0.29, 0.717) is 17.9 Å². The fourth-order valence-electron chi connectivity index (χ4n) is 4.62. The Labute approximate surface area is 120 Å². The van der Waals surface area contributed by atoms with Crippen molar-refractivity contribution >= 4 is 11.9 Å². The molecule has 5 atom stereocenters. The second-order valence-electron chi connectivity index (χ2n) is 7.64. The van der Waals surface area contributed by atoms with Crippen molar-refractivity contribution in [2.24, 2.45) is 35.0 Å². The fourth-order valence-corrected chi connectivity index (χ4v) is 4.62. The van der Waals surface area contributed by atoms with Crippen molar-refractivity contribution < 1.29 is 14.7 Å². The number of aliphatic carboxylic acids is 1. The maximum absolute atomic E-state index is 12.2. The first kappa shape index (κ1) is 13.9. The molecule has 4 nitrogen and oxygen atoms in total. The largest absolute Gasteiger partial charge is 0.481 e. The van der Waals surface area contributed by atoms with Crippen LogP contribution in [0.1, 0.15) is 46.5 Å². The van der Waals surface area contributed by atoms with Crippen LogP contribution < -0.4 is 5.32 Å². The molecule has 0 aromatic rings. The van der Waals surface area contributed by atoms with Crippen molar-refractivity contribution in [2.75, 3.05) is 0 Å². The van der Waals surface area contributed by atoms with Crippen molar-refractivity contribution in [3.8, 4) is 0 Å². The number of carboxylic acid groups (broad SMARTS) is 1. The average Bonchev–Trinajstić information content (AvgIpc) is 2.77. The van der Waals surface area contributed by atoms with Gasteiger partial charge in [0.15, 0.2) is 0 Å². The van der Waals surface area contributed by atoms with Gasteiger partial charge in [-0.2, -0.15) is 0 Å². The van der Waals surface area contributed by atoms with E-state index in [4.69, 9.17) is 0 Å².